The van der Waals surface area contributed by atoms with E-state index in [4.69, 9.17) is 14.6 Å². The topological polar surface area (TPSA) is 55.8 Å². The number of ether oxygens (including phenoxy) is 2. The second-order valence-electron chi connectivity index (χ2n) is 4.10. The molecule has 0 fully saturated rings. The van der Waals surface area contributed by atoms with Crippen LogP contribution in [-0.2, 0) is 0 Å². The summed E-state index contributed by atoms with van der Waals surface area (Å²) in [5.74, 6) is -0.756. The highest BCUT2D eigenvalue weighted by Crippen LogP contribution is 2.21. The summed E-state index contributed by atoms with van der Waals surface area (Å²) in [4.78, 5) is 10.7. The van der Waals surface area contributed by atoms with Crippen molar-refractivity contribution in [3.63, 3.8) is 0 Å². The van der Waals surface area contributed by atoms with E-state index in [-0.39, 0.29) is 24.5 Å². The van der Waals surface area contributed by atoms with E-state index >= 15 is 0 Å². The second-order valence-corrected chi connectivity index (χ2v) is 5.02. The van der Waals surface area contributed by atoms with Gasteiger partial charge in [0.2, 0.25) is 0 Å². The summed E-state index contributed by atoms with van der Waals surface area (Å²) < 4.78 is 24.7. The number of hydrogen-bond donors (Lipinski definition) is 1. The molecule has 0 spiro atoms. The van der Waals surface area contributed by atoms with Gasteiger partial charge in [0.1, 0.15) is 19.0 Å². The Kier molecular flexibility index (Phi) is 5.16. The van der Waals surface area contributed by atoms with Crippen molar-refractivity contribution in [1.29, 1.82) is 0 Å². The number of benzene rings is 2. The van der Waals surface area contributed by atoms with Crippen molar-refractivity contribution in [3.05, 3.63) is 58.3 Å². The van der Waals surface area contributed by atoms with Crippen LogP contribution in [0.15, 0.2) is 46.9 Å². The van der Waals surface area contributed by atoms with Gasteiger partial charge in [0.15, 0.2) is 11.6 Å². The van der Waals surface area contributed by atoms with Crippen molar-refractivity contribution in [3.8, 4) is 11.5 Å². The molecule has 21 heavy (non-hydrogen) atoms. The van der Waals surface area contributed by atoms with Gasteiger partial charge in [-0.15, -0.1) is 0 Å². The fourth-order valence-electron chi connectivity index (χ4n) is 1.60. The Morgan fingerprint density at radius 2 is 1.76 bits per heavy atom. The maximum Gasteiger partial charge on any atom is 0.335 e. The molecule has 6 heteroatoms. The van der Waals surface area contributed by atoms with E-state index in [1.165, 1.54) is 24.3 Å². The van der Waals surface area contributed by atoms with Crippen LogP contribution in [0.5, 0.6) is 11.5 Å². The van der Waals surface area contributed by atoms with Crippen LogP contribution in [0.4, 0.5) is 4.39 Å². The molecule has 2 aromatic rings. The highest BCUT2D eigenvalue weighted by molar-refractivity contribution is 9.10. The minimum atomic E-state index is -0.990. The van der Waals surface area contributed by atoms with Crippen molar-refractivity contribution < 1.29 is 23.8 Å². The maximum absolute atomic E-state index is 13.5. The normalized spacial score (nSPS) is 10.2. The van der Waals surface area contributed by atoms with Gasteiger partial charge in [-0.1, -0.05) is 15.9 Å². The molecule has 0 unspecified atom stereocenters. The van der Waals surface area contributed by atoms with Crippen LogP contribution in [0.25, 0.3) is 0 Å². The number of halogens is 2. The molecule has 0 bridgehead atoms. The van der Waals surface area contributed by atoms with Gasteiger partial charge in [-0.3, -0.25) is 0 Å². The van der Waals surface area contributed by atoms with Crippen molar-refractivity contribution in [1.82, 2.24) is 0 Å². The first kappa shape index (κ1) is 15.3. The van der Waals surface area contributed by atoms with Gasteiger partial charge in [-0.25, -0.2) is 9.18 Å². The third-order valence-electron chi connectivity index (χ3n) is 2.60. The molecule has 0 saturated carbocycles. The quantitative estimate of drug-likeness (QED) is 0.802. The molecule has 0 heterocycles. The van der Waals surface area contributed by atoms with E-state index in [1.54, 1.807) is 18.2 Å². The molecule has 2 rings (SSSR count). The Balaban J connectivity index is 1.80. The highest BCUT2D eigenvalue weighted by Gasteiger charge is 2.04. The Morgan fingerprint density at radius 1 is 1.10 bits per heavy atom. The van der Waals surface area contributed by atoms with Gasteiger partial charge in [0, 0.05) is 4.47 Å². The summed E-state index contributed by atoms with van der Waals surface area (Å²) in [6, 6.07) is 10.6. The lowest BCUT2D eigenvalue weighted by Crippen LogP contribution is -2.09. The SMILES string of the molecule is O=C(O)c1ccc(OCCOc2ccc(Br)cc2F)cc1. The minimum absolute atomic E-state index is 0.156. The van der Waals surface area contributed by atoms with E-state index in [0.717, 1.165) is 0 Å². The molecule has 0 radical (unpaired) electrons. The smallest absolute Gasteiger partial charge is 0.335 e. The molecule has 110 valence electrons. The summed E-state index contributed by atoms with van der Waals surface area (Å²) in [7, 11) is 0. The number of carboxylic acids is 1. The summed E-state index contributed by atoms with van der Waals surface area (Å²) in [6.07, 6.45) is 0. The van der Waals surface area contributed by atoms with Crippen LogP contribution in [0.1, 0.15) is 10.4 Å². The van der Waals surface area contributed by atoms with Crippen molar-refractivity contribution in [2.24, 2.45) is 0 Å². The maximum atomic E-state index is 13.5. The third kappa shape index (κ3) is 4.46. The zero-order valence-corrected chi connectivity index (χ0v) is 12.5. The van der Waals surface area contributed by atoms with E-state index in [1.807, 2.05) is 0 Å². The van der Waals surface area contributed by atoms with E-state index in [9.17, 15) is 9.18 Å². The number of aromatic carboxylic acids is 1. The molecule has 0 aliphatic carbocycles. The zero-order chi connectivity index (χ0) is 15.2. The van der Waals surface area contributed by atoms with Gasteiger partial charge in [0.25, 0.3) is 0 Å². The Hall–Kier alpha value is -2.08. The molecule has 0 atom stereocenters. The number of carboxylic acid groups (broad SMARTS) is 1. The molecular weight excluding hydrogens is 343 g/mol. The van der Waals surface area contributed by atoms with Gasteiger partial charge in [0.05, 0.1) is 5.56 Å². The van der Waals surface area contributed by atoms with E-state index < -0.39 is 11.8 Å². The lowest BCUT2D eigenvalue weighted by atomic mass is 10.2. The van der Waals surface area contributed by atoms with Crippen LogP contribution in [0.2, 0.25) is 0 Å². The van der Waals surface area contributed by atoms with Crippen LogP contribution in [0.3, 0.4) is 0 Å². The lowest BCUT2D eigenvalue weighted by Gasteiger charge is -2.09. The van der Waals surface area contributed by atoms with Gasteiger partial charge >= 0.3 is 5.97 Å². The van der Waals surface area contributed by atoms with Gasteiger partial charge < -0.3 is 14.6 Å². The predicted molar refractivity (Wildman–Crippen MR) is 78.5 cm³/mol. The second kappa shape index (κ2) is 7.08. The van der Waals surface area contributed by atoms with Crippen molar-refractivity contribution >= 4 is 21.9 Å². The molecule has 0 saturated heterocycles. The summed E-state index contributed by atoms with van der Waals surface area (Å²) in [5, 5.41) is 8.76. The number of rotatable bonds is 6. The molecule has 0 aliphatic heterocycles. The first-order chi connectivity index (χ1) is 10.1. The molecular formula is C15H12BrFO4. The predicted octanol–water partition coefficient (Wildman–Crippen LogP) is 3.74. The molecule has 1 N–H and O–H groups in total. The first-order valence-corrected chi connectivity index (χ1v) is 6.89. The monoisotopic (exact) mass is 354 g/mol. The highest BCUT2D eigenvalue weighted by atomic mass is 79.9. The van der Waals surface area contributed by atoms with E-state index in [0.29, 0.717) is 10.2 Å². The van der Waals surface area contributed by atoms with Crippen LogP contribution in [0, 0.1) is 5.82 Å². The first-order valence-electron chi connectivity index (χ1n) is 6.10. The largest absolute Gasteiger partial charge is 0.490 e. The molecule has 0 aromatic heterocycles. The summed E-state index contributed by atoms with van der Waals surface area (Å²) in [6.45, 7) is 0.404. The lowest BCUT2D eigenvalue weighted by molar-refractivity contribution is 0.0697. The minimum Gasteiger partial charge on any atom is -0.490 e. The Morgan fingerprint density at radius 3 is 2.38 bits per heavy atom. The van der Waals surface area contributed by atoms with Crippen LogP contribution < -0.4 is 9.47 Å². The fourth-order valence-corrected chi connectivity index (χ4v) is 1.93. The molecule has 2 aromatic carbocycles. The van der Waals surface area contributed by atoms with Gasteiger partial charge in [-0.05, 0) is 42.5 Å². The average Bonchev–Trinajstić information content (AvgIpc) is 2.46. The summed E-state index contributed by atoms with van der Waals surface area (Å²) >= 11 is 3.16. The standard InChI is InChI=1S/C15H12BrFO4/c16-11-3-6-14(13(17)9-11)21-8-7-20-12-4-1-10(2-5-12)15(18)19/h1-6,9H,7-8H2,(H,18,19). The Labute approximate surface area is 129 Å². The number of hydrogen-bond acceptors (Lipinski definition) is 3. The van der Waals surface area contributed by atoms with Gasteiger partial charge in [-0.2, -0.15) is 0 Å². The van der Waals surface area contributed by atoms with Crippen molar-refractivity contribution in [2.45, 2.75) is 0 Å². The van der Waals surface area contributed by atoms with Crippen LogP contribution in [-0.4, -0.2) is 24.3 Å². The molecule has 0 amide bonds. The third-order valence-corrected chi connectivity index (χ3v) is 3.10. The number of carbonyl (C=O) groups is 1. The zero-order valence-electron chi connectivity index (χ0n) is 10.9. The van der Waals surface area contributed by atoms with E-state index in [2.05, 4.69) is 15.9 Å². The van der Waals surface area contributed by atoms with Crippen molar-refractivity contribution in [2.75, 3.05) is 13.2 Å². The fraction of sp³-hybridized carbons (Fsp3) is 0.133. The molecule has 0 aliphatic rings. The molecule has 4 nitrogen and oxygen atoms in total. The summed E-state index contributed by atoms with van der Waals surface area (Å²) in [5.41, 5.74) is 0.190. The average molecular weight is 355 g/mol. The van der Waals surface area contributed by atoms with Crippen LogP contribution >= 0.6 is 15.9 Å². The Bertz CT molecular complexity index is 628.